The fourth-order valence-electron chi connectivity index (χ4n) is 1.56. The Hall–Kier alpha value is -1.80. The lowest BCUT2D eigenvalue weighted by Crippen LogP contribution is -1.78. The van der Waals surface area contributed by atoms with Crippen LogP contribution in [0.5, 0.6) is 10.8 Å². The number of benzene rings is 2. The number of fused-ring (bicyclic) bond motifs is 1. The molecular formula is C14H9OS. The second-order valence-corrected chi connectivity index (χ2v) is 4.48. The lowest BCUT2D eigenvalue weighted by Gasteiger charge is -1.99. The van der Waals surface area contributed by atoms with Gasteiger partial charge in [-0.1, -0.05) is 47.7 Å². The standard InChI is InChI=1S/C14H9OS/c1-2-7-12(8-3-1)15-14-10-11-6-4-5-9-13(11)16-14/h1-7,9-10H. The highest BCUT2D eigenvalue weighted by molar-refractivity contribution is 7.20. The summed E-state index contributed by atoms with van der Waals surface area (Å²) in [6, 6.07) is 21.0. The van der Waals surface area contributed by atoms with E-state index in [1.54, 1.807) is 11.3 Å². The van der Waals surface area contributed by atoms with Gasteiger partial charge in [0.2, 0.25) is 0 Å². The number of rotatable bonds is 2. The zero-order chi connectivity index (χ0) is 10.8. The maximum Gasteiger partial charge on any atom is 0.182 e. The summed E-state index contributed by atoms with van der Waals surface area (Å²) in [6.07, 6.45) is 0. The van der Waals surface area contributed by atoms with Crippen molar-refractivity contribution in [2.24, 2.45) is 0 Å². The molecule has 0 saturated carbocycles. The van der Waals surface area contributed by atoms with Crippen LogP contribution in [0.3, 0.4) is 0 Å². The largest absolute Gasteiger partial charge is 0.446 e. The van der Waals surface area contributed by atoms with Crippen molar-refractivity contribution in [1.29, 1.82) is 0 Å². The number of para-hydroxylation sites is 1. The van der Waals surface area contributed by atoms with Crippen molar-refractivity contribution < 1.29 is 4.74 Å². The Bertz CT molecular complexity index is 565. The van der Waals surface area contributed by atoms with E-state index in [4.69, 9.17) is 4.74 Å². The predicted molar refractivity (Wildman–Crippen MR) is 67.2 cm³/mol. The number of thiophene rings is 1. The minimum absolute atomic E-state index is 0.758. The maximum atomic E-state index is 5.73. The lowest BCUT2D eigenvalue weighted by atomic mass is 10.3. The molecule has 0 aliphatic carbocycles. The molecule has 77 valence electrons. The van der Waals surface area contributed by atoms with Crippen molar-refractivity contribution in [2.75, 3.05) is 0 Å². The quantitative estimate of drug-likeness (QED) is 0.624. The summed E-state index contributed by atoms with van der Waals surface area (Å²) in [5.74, 6) is 0.758. The molecule has 0 spiro atoms. The highest BCUT2D eigenvalue weighted by Crippen LogP contribution is 2.34. The molecule has 1 heterocycles. The second kappa shape index (κ2) is 3.99. The van der Waals surface area contributed by atoms with Gasteiger partial charge in [0.25, 0.3) is 0 Å². The van der Waals surface area contributed by atoms with Gasteiger partial charge in [-0.2, -0.15) is 0 Å². The van der Waals surface area contributed by atoms with E-state index >= 15 is 0 Å². The van der Waals surface area contributed by atoms with Gasteiger partial charge < -0.3 is 4.74 Å². The van der Waals surface area contributed by atoms with E-state index in [1.807, 2.05) is 36.4 Å². The van der Waals surface area contributed by atoms with Crippen LogP contribution in [0.15, 0.2) is 54.6 Å². The van der Waals surface area contributed by atoms with Gasteiger partial charge in [0, 0.05) is 16.8 Å². The van der Waals surface area contributed by atoms with Crippen molar-refractivity contribution in [3.8, 4) is 10.8 Å². The van der Waals surface area contributed by atoms with Gasteiger partial charge in [0.1, 0.15) is 5.75 Å². The third-order valence-electron chi connectivity index (χ3n) is 2.29. The summed E-state index contributed by atoms with van der Waals surface area (Å²) in [6.45, 7) is 0. The average molecular weight is 225 g/mol. The number of ether oxygens (including phenoxy) is 1. The van der Waals surface area contributed by atoms with Crippen molar-refractivity contribution in [1.82, 2.24) is 0 Å². The molecule has 0 N–H and O–H groups in total. The van der Waals surface area contributed by atoms with Crippen molar-refractivity contribution >= 4 is 21.4 Å². The van der Waals surface area contributed by atoms with Crippen LogP contribution in [-0.2, 0) is 0 Å². The smallest absolute Gasteiger partial charge is 0.182 e. The molecule has 0 atom stereocenters. The summed E-state index contributed by atoms with van der Waals surface area (Å²) < 4.78 is 6.97. The lowest BCUT2D eigenvalue weighted by molar-refractivity contribution is 0.496. The van der Waals surface area contributed by atoms with E-state index < -0.39 is 0 Å². The molecular weight excluding hydrogens is 216 g/mol. The van der Waals surface area contributed by atoms with Crippen LogP contribution in [0, 0.1) is 6.07 Å². The third kappa shape index (κ3) is 1.79. The van der Waals surface area contributed by atoms with Crippen molar-refractivity contribution in [3.63, 3.8) is 0 Å². The van der Waals surface area contributed by atoms with E-state index in [-0.39, 0.29) is 0 Å². The Labute approximate surface area is 97.9 Å². The third-order valence-corrected chi connectivity index (χ3v) is 3.29. The first-order valence-corrected chi connectivity index (χ1v) is 5.87. The Balaban J connectivity index is 1.95. The molecule has 0 saturated heterocycles. The SMILES string of the molecule is [c]1ccccc1Oc1cc2ccccc2s1. The zero-order valence-corrected chi connectivity index (χ0v) is 9.33. The van der Waals surface area contributed by atoms with Crippen LogP contribution in [0.4, 0.5) is 0 Å². The maximum absolute atomic E-state index is 5.73. The number of hydrogen-bond donors (Lipinski definition) is 0. The summed E-state index contributed by atoms with van der Waals surface area (Å²) in [5.41, 5.74) is 0. The van der Waals surface area contributed by atoms with Gasteiger partial charge in [-0.25, -0.2) is 0 Å². The van der Waals surface area contributed by atoms with Gasteiger partial charge in [-0.05, 0) is 17.5 Å². The van der Waals surface area contributed by atoms with Crippen molar-refractivity contribution in [3.05, 3.63) is 60.7 Å². The molecule has 1 radical (unpaired) electrons. The molecule has 2 aromatic carbocycles. The summed E-state index contributed by atoms with van der Waals surface area (Å²) in [7, 11) is 0. The van der Waals surface area contributed by atoms with Gasteiger partial charge >= 0.3 is 0 Å². The van der Waals surface area contributed by atoms with E-state index in [2.05, 4.69) is 24.3 Å². The molecule has 2 heteroatoms. The Morgan fingerprint density at radius 3 is 2.69 bits per heavy atom. The molecule has 1 nitrogen and oxygen atoms in total. The normalized spacial score (nSPS) is 10.5. The first-order chi connectivity index (χ1) is 7.92. The molecule has 0 amide bonds. The van der Waals surface area contributed by atoms with E-state index in [1.165, 1.54) is 10.1 Å². The fraction of sp³-hybridized carbons (Fsp3) is 0. The second-order valence-electron chi connectivity index (χ2n) is 3.43. The Kier molecular flexibility index (Phi) is 2.35. The minimum atomic E-state index is 0.758. The van der Waals surface area contributed by atoms with Crippen LogP contribution < -0.4 is 4.74 Å². The molecule has 16 heavy (non-hydrogen) atoms. The van der Waals surface area contributed by atoms with Gasteiger partial charge in [0.05, 0.1) is 0 Å². The van der Waals surface area contributed by atoms with E-state index in [9.17, 15) is 0 Å². The van der Waals surface area contributed by atoms with E-state index in [0.29, 0.717) is 0 Å². The topological polar surface area (TPSA) is 9.23 Å². The summed E-state index contributed by atoms with van der Waals surface area (Å²) in [4.78, 5) is 0. The van der Waals surface area contributed by atoms with Crippen LogP contribution >= 0.6 is 11.3 Å². The van der Waals surface area contributed by atoms with Crippen LogP contribution in [0.25, 0.3) is 10.1 Å². The fourth-order valence-corrected chi connectivity index (χ4v) is 2.48. The molecule has 0 aliphatic heterocycles. The first kappa shape index (κ1) is 9.43. The summed E-state index contributed by atoms with van der Waals surface area (Å²) in [5, 5.41) is 2.13. The van der Waals surface area contributed by atoms with Crippen LogP contribution in [0.2, 0.25) is 0 Å². The first-order valence-electron chi connectivity index (χ1n) is 5.05. The summed E-state index contributed by atoms with van der Waals surface area (Å²) >= 11 is 1.65. The van der Waals surface area contributed by atoms with Crippen LogP contribution in [-0.4, -0.2) is 0 Å². The minimum Gasteiger partial charge on any atom is -0.446 e. The molecule has 3 rings (SSSR count). The highest BCUT2D eigenvalue weighted by atomic mass is 32.1. The van der Waals surface area contributed by atoms with Gasteiger partial charge in [-0.3, -0.25) is 0 Å². The molecule has 1 aromatic heterocycles. The molecule has 0 fully saturated rings. The van der Waals surface area contributed by atoms with E-state index in [0.717, 1.165) is 10.8 Å². The van der Waals surface area contributed by atoms with Gasteiger partial charge in [-0.15, -0.1) is 0 Å². The zero-order valence-electron chi connectivity index (χ0n) is 8.51. The molecule has 0 unspecified atom stereocenters. The average Bonchev–Trinajstić information content (AvgIpc) is 2.72. The van der Waals surface area contributed by atoms with Crippen molar-refractivity contribution in [2.45, 2.75) is 0 Å². The number of hydrogen-bond acceptors (Lipinski definition) is 2. The molecule has 0 bridgehead atoms. The molecule has 3 aromatic rings. The monoisotopic (exact) mass is 225 g/mol. The predicted octanol–water partition coefficient (Wildman–Crippen LogP) is 4.49. The van der Waals surface area contributed by atoms with Crippen LogP contribution in [0.1, 0.15) is 0 Å². The Morgan fingerprint density at radius 1 is 1.00 bits per heavy atom. The highest BCUT2D eigenvalue weighted by Gasteiger charge is 2.02. The Morgan fingerprint density at radius 2 is 1.88 bits per heavy atom. The van der Waals surface area contributed by atoms with Gasteiger partial charge in [0.15, 0.2) is 5.06 Å². The molecule has 0 aliphatic rings.